The van der Waals surface area contributed by atoms with E-state index in [4.69, 9.17) is 9.15 Å². The average Bonchev–Trinajstić information content (AvgIpc) is 3.18. The van der Waals surface area contributed by atoms with Crippen LogP contribution in [0.2, 0.25) is 0 Å². The number of benzene rings is 2. The number of rotatable bonds is 8. The van der Waals surface area contributed by atoms with Gasteiger partial charge in [-0.3, -0.25) is 9.59 Å². The number of esters is 1. The number of fused-ring (bicyclic) bond motifs is 1. The summed E-state index contributed by atoms with van der Waals surface area (Å²) in [6.07, 6.45) is 3.25. The standard InChI is InChI=1S/C22H21N3O5/c1-2-15-7-3-4-8-16(15)24-19(26)13-23-20(27)14-29-22(28)12-11-21-25-17-9-5-6-10-18(17)30-21/h3-12H,2,13-14H2,1H3,(H,23,27)(H,24,26)/b12-11+. The van der Waals surface area contributed by atoms with Crippen LogP contribution in [-0.2, 0) is 25.5 Å². The summed E-state index contributed by atoms with van der Waals surface area (Å²) >= 11 is 0. The van der Waals surface area contributed by atoms with E-state index >= 15 is 0 Å². The van der Waals surface area contributed by atoms with Gasteiger partial charge in [-0.25, -0.2) is 9.78 Å². The summed E-state index contributed by atoms with van der Waals surface area (Å²) in [6.45, 7) is 1.25. The summed E-state index contributed by atoms with van der Waals surface area (Å²) in [5.41, 5.74) is 2.97. The van der Waals surface area contributed by atoms with E-state index in [1.54, 1.807) is 18.2 Å². The zero-order valence-corrected chi connectivity index (χ0v) is 16.4. The van der Waals surface area contributed by atoms with Crippen molar-refractivity contribution in [3.05, 3.63) is 66.1 Å². The van der Waals surface area contributed by atoms with Gasteiger partial charge in [0.05, 0.1) is 6.54 Å². The highest BCUT2D eigenvalue weighted by atomic mass is 16.5. The van der Waals surface area contributed by atoms with Crippen molar-refractivity contribution in [2.75, 3.05) is 18.5 Å². The Kier molecular flexibility index (Phi) is 6.94. The molecule has 3 rings (SSSR count). The maximum Gasteiger partial charge on any atom is 0.331 e. The van der Waals surface area contributed by atoms with Gasteiger partial charge in [0.1, 0.15) is 5.52 Å². The van der Waals surface area contributed by atoms with Crippen LogP contribution in [-0.4, -0.2) is 35.9 Å². The van der Waals surface area contributed by atoms with Crippen LogP contribution in [0.4, 0.5) is 5.69 Å². The van der Waals surface area contributed by atoms with Crippen molar-refractivity contribution in [3.63, 3.8) is 0 Å². The number of aryl methyl sites for hydroxylation is 1. The van der Waals surface area contributed by atoms with Gasteiger partial charge in [-0.05, 0) is 30.2 Å². The number of oxazole rings is 1. The quantitative estimate of drug-likeness (QED) is 0.439. The smallest absolute Gasteiger partial charge is 0.331 e. The average molecular weight is 407 g/mol. The lowest BCUT2D eigenvalue weighted by molar-refractivity contribution is -0.143. The molecule has 0 spiro atoms. The van der Waals surface area contributed by atoms with E-state index in [-0.39, 0.29) is 18.3 Å². The number of amides is 2. The Morgan fingerprint density at radius 2 is 1.83 bits per heavy atom. The fourth-order valence-electron chi connectivity index (χ4n) is 2.66. The molecule has 0 fully saturated rings. The van der Waals surface area contributed by atoms with Crippen LogP contribution in [0.15, 0.2) is 59.0 Å². The highest BCUT2D eigenvalue weighted by Crippen LogP contribution is 2.16. The first-order valence-electron chi connectivity index (χ1n) is 9.40. The van der Waals surface area contributed by atoms with Crippen LogP contribution in [0.5, 0.6) is 0 Å². The van der Waals surface area contributed by atoms with Gasteiger partial charge >= 0.3 is 5.97 Å². The fraction of sp³-hybridized carbons (Fsp3) is 0.182. The molecule has 0 atom stereocenters. The van der Waals surface area contributed by atoms with Crippen LogP contribution >= 0.6 is 0 Å². The number of carbonyl (C=O) groups is 3. The van der Waals surface area contributed by atoms with Gasteiger partial charge in [-0.2, -0.15) is 0 Å². The predicted molar refractivity (Wildman–Crippen MR) is 111 cm³/mol. The third kappa shape index (κ3) is 5.78. The van der Waals surface area contributed by atoms with Gasteiger partial charge in [0.2, 0.25) is 11.8 Å². The number of aromatic nitrogens is 1. The maximum atomic E-state index is 12.0. The first-order valence-corrected chi connectivity index (χ1v) is 9.40. The van der Waals surface area contributed by atoms with E-state index in [1.165, 1.54) is 6.08 Å². The first-order chi connectivity index (χ1) is 14.5. The molecule has 2 amide bonds. The van der Waals surface area contributed by atoms with E-state index in [0.717, 1.165) is 18.1 Å². The Balaban J connectivity index is 1.40. The second-order valence-electron chi connectivity index (χ2n) is 6.30. The molecule has 0 aliphatic heterocycles. The molecule has 30 heavy (non-hydrogen) atoms. The van der Waals surface area contributed by atoms with E-state index in [9.17, 15) is 14.4 Å². The predicted octanol–water partition coefficient (Wildman–Crippen LogP) is 2.70. The Labute approximate surface area is 172 Å². The summed E-state index contributed by atoms with van der Waals surface area (Å²) in [5, 5.41) is 5.15. The van der Waals surface area contributed by atoms with Crippen LogP contribution in [0.3, 0.4) is 0 Å². The SMILES string of the molecule is CCc1ccccc1NC(=O)CNC(=O)COC(=O)/C=C/c1nc2ccccc2o1. The van der Waals surface area contributed by atoms with Gasteiger partial charge in [0.25, 0.3) is 5.91 Å². The molecule has 1 aromatic heterocycles. The molecule has 8 nitrogen and oxygen atoms in total. The highest BCUT2D eigenvalue weighted by molar-refractivity contribution is 5.95. The minimum atomic E-state index is -0.728. The van der Waals surface area contributed by atoms with Gasteiger partial charge in [0, 0.05) is 17.8 Å². The van der Waals surface area contributed by atoms with Gasteiger partial charge in [-0.1, -0.05) is 37.3 Å². The first kappa shape index (κ1) is 20.8. The zero-order valence-electron chi connectivity index (χ0n) is 16.4. The summed E-state index contributed by atoms with van der Waals surface area (Å²) < 4.78 is 10.3. The third-order valence-electron chi connectivity index (χ3n) is 4.14. The number of nitrogens with one attached hydrogen (secondary N) is 2. The molecule has 2 N–H and O–H groups in total. The number of hydrogen-bond donors (Lipinski definition) is 2. The van der Waals surface area contributed by atoms with Crippen molar-refractivity contribution < 1.29 is 23.5 Å². The molecule has 0 unspecified atom stereocenters. The maximum absolute atomic E-state index is 12.0. The van der Waals surface area contributed by atoms with Crippen molar-refractivity contribution in [2.45, 2.75) is 13.3 Å². The molecule has 8 heteroatoms. The Morgan fingerprint density at radius 1 is 1.07 bits per heavy atom. The number of anilines is 1. The van der Waals surface area contributed by atoms with Gasteiger partial charge < -0.3 is 19.8 Å². The van der Waals surface area contributed by atoms with Crippen molar-refractivity contribution in [2.24, 2.45) is 0 Å². The van der Waals surface area contributed by atoms with Crippen molar-refractivity contribution in [3.8, 4) is 0 Å². The second-order valence-corrected chi connectivity index (χ2v) is 6.30. The summed E-state index contributed by atoms with van der Waals surface area (Å²) in [6, 6.07) is 14.6. The number of para-hydroxylation sites is 3. The highest BCUT2D eigenvalue weighted by Gasteiger charge is 2.10. The van der Waals surface area contributed by atoms with Crippen molar-refractivity contribution in [1.82, 2.24) is 10.3 Å². The Hall–Kier alpha value is -3.94. The minimum Gasteiger partial charge on any atom is -0.452 e. The number of carbonyl (C=O) groups excluding carboxylic acids is 3. The van der Waals surface area contributed by atoms with Gasteiger partial charge in [0.15, 0.2) is 12.2 Å². The van der Waals surface area contributed by atoms with Crippen LogP contribution in [0, 0.1) is 0 Å². The molecule has 3 aromatic rings. The zero-order chi connectivity index (χ0) is 21.3. The Bertz CT molecular complexity index is 1050. The molecule has 0 radical (unpaired) electrons. The van der Waals surface area contributed by atoms with Crippen LogP contribution in [0.25, 0.3) is 17.2 Å². The largest absolute Gasteiger partial charge is 0.452 e. The third-order valence-corrected chi connectivity index (χ3v) is 4.14. The van der Waals surface area contributed by atoms with E-state index in [1.807, 2.05) is 37.3 Å². The van der Waals surface area contributed by atoms with E-state index < -0.39 is 18.5 Å². The molecule has 1 heterocycles. The molecular weight excluding hydrogens is 386 g/mol. The van der Waals surface area contributed by atoms with Crippen LogP contribution < -0.4 is 10.6 Å². The molecule has 0 aliphatic rings. The molecular formula is C22H21N3O5. The lowest BCUT2D eigenvalue weighted by atomic mass is 10.1. The number of hydrogen-bond acceptors (Lipinski definition) is 6. The summed E-state index contributed by atoms with van der Waals surface area (Å²) in [4.78, 5) is 39.7. The minimum absolute atomic E-state index is 0.229. The fourth-order valence-corrected chi connectivity index (χ4v) is 2.66. The lowest BCUT2D eigenvalue weighted by Gasteiger charge is -2.10. The molecule has 0 bridgehead atoms. The molecule has 0 aliphatic carbocycles. The van der Waals surface area contributed by atoms with Crippen molar-refractivity contribution >= 4 is 40.6 Å². The van der Waals surface area contributed by atoms with Crippen LogP contribution in [0.1, 0.15) is 18.4 Å². The number of nitrogens with zero attached hydrogens (tertiary/aromatic N) is 1. The molecule has 0 saturated carbocycles. The normalized spacial score (nSPS) is 10.8. The Morgan fingerprint density at radius 3 is 2.63 bits per heavy atom. The lowest BCUT2D eigenvalue weighted by Crippen LogP contribution is -2.35. The molecule has 2 aromatic carbocycles. The van der Waals surface area contributed by atoms with Crippen molar-refractivity contribution in [1.29, 1.82) is 0 Å². The summed E-state index contributed by atoms with van der Waals surface area (Å²) in [5.74, 6) is -1.43. The molecule has 154 valence electrons. The monoisotopic (exact) mass is 407 g/mol. The van der Waals surface area contributed by atoms with Gasteiger partial charge in [-0.15, -0.1) is 0 Å². The molecule has 0 saturated heterocycles. The number of ether oxygens (including phenoxy) is 1. The second kappa shape index (κ2) is 10.0. The topological polar surface area (TPSA) is 111 Å². The summed E-state index contributed by atoms with van der Waals surface area (Å²) in [7, 11) is 0. The van der Waals surface area contributed by atoms with E-state index in [2.05, 4.69) is 15.6 Å². The van der Waals surface area contributed by atoms with E-state index in [0.29, 0.717) is 16.8 Å².